The Morgan fingerprint density at radius 1 is 1.36 bits per heavy atom. The summed E-state index contributed by atoms with van der Waals surface area (Å²) in [7, 11) is 0. The summed E-state index contributed by atoms with van der Waals surface area (Å²) < 4.78 is 2.14. The first-order valence-corrected chi connectivity index (χ1v) is 8.10. The van der Waals surface area contributed by atoms with E-state index in [0.717, 1.165) is 29.4 Å². The molecule has 0 aliphatic heterocycles. The second-order valence-corrected chi connectivity index (χ2v) is 6.36. The highest BCUT2D eigenvalue weighted by atomic mass is 32.1. The molecule has 1 aliphatic carbocycles. The molecule has 0 bridgehead atoms. The van der Waals surface area contributed by atoms with Crippen molar-refractivity contribution >= 4 is 22.4 Å². The third-order valence-electron chi connectivity index (χ3n) is 3.80. The van der Waals surface area contributed by atoms with Gasteiger partial charge in [0.25, 0.3) is 5.56 Å². The van der Waals surface area contributed by atoms with Crippen LogP contribution >= 0.6 is 11.3 Å². The zero-order chi connectivity index (χ0) is 14.9. The van der Waals surface area contributed by atoms with Crippen molar-refractivity contribution in [3.8, 4) is 11.4 Å². The number of pyridine rings is 1. The first kappa shape index (κ1) is 13.3. The van der Waals surface area contributed by atoms with Gasteiger partial charge in [0.05, 0.1) is 4.53 Å². The number of allylic oxidation sites excluding steroid dienone is 2. The molecular formula is C16H14N4OS. The highest BCUT2D eigenvalue weighted by Gasteiger charge is 2.13. The minimum atomic E-state index is -0.0720. The second kappa shape index (κ2) is 5.46. The Kier molecular flexibility index (Phi) is 3.31. The lowest BCUT2D eigenvalue weighted by atomic mass is 9.94. The Labute approximate surface area is 130 Å². The summed E-state index contributed by atoms with van der Waals surface area (Å²) in [4.78, 5) is 21.6. The summed E-state index contributed by atoms with van der Waals surface area (Å²) in [5.74, 6) is 0.988. The topological polar surface area (TPSA) is 60.2 Å². The largest absolute Gasteiger partial charge is 0.290 e. The normalized spacial score (nSPS) is 19.1. The van der Waals surface area contributed by atoms with Gasteiger partial charge in [0.15, 0.2) is 5.82 Å². The molecule has 110 valence electrons. The predicted octanol–water partition coefficient (Wildman–Crippen LogP) is 2.07. The van der Waals surface area contributed by atoms with Gasteiger partial charge < -0.3 is 0 Å². The number of rotatable bonds is 2. The Morgan fingerprint density at radius 2 is 2.32 bits per heavy atom. The summed E-state index contributed by atoms with van der Waals surface area (Å²) in [6.45, 7) is 0. The Morgan fingerprint density at radius 3 is 3.05 bits per heavy atom. The van der Waals surface area contributed by atoms with Gasteiger partial charge >= 0.3 is 0 Å². The number of hydrogen-bond acceptors (Lipinski definition) is 5. The molecule has 0 N–H and O–H groups in total. The number of fused-ring (bicyclic) bond motifs is 1. The lowest BCUT2D eigenvalue weighted by molar-refractivity contribution is 0.612. The SMILES string of the molecule is O=c1c(=CC2CC=CCC2)sc2nc(-c3cccnc3)nn12. The Balaban J connectivity index is 1.76. The van der Waals surface area contributed by atoms with Gasteiger partial charge in [-0.1, -0.05) is 29.6 Å². The van der Waals surface area contributed by atoms with Crippen LogP contribution in [0.4, 0.5) is 0 Å². The van der Waals surface area contributed by atoms with E-state index >= 15 is 0 Å². The van der Waals surface area contributed by atoms with E-state index in [4.69, 9.17) is 0 Å². The minimum absolute atomic E-state index is 0.0720. The van der Waals surface area contributed by atoms with Crippen LogP contribution in [0, 0.1) is 5.92 Å². The van der Waals surface area contributed by atoms with Gasteiger partial charge in [-0.05, 0) is 37.3 Å². The summed E-state index contributed by atoms with van der Waals surface area (Å²) >= 11 is 1.41. The lowest BCUT2D eigenvalue weighted by Crippen LogP contribution is -2.25. The van der Waals surface area contributed by atoms with Crippen LogP contribution < -0.4 is 10.1 Å². The summed E-state index contributed by atoms with van der Waals surface area (Å²) in [6, 6.07) is 3.72. The molecule has 6 heteroatoms. The molecule has 3 heterocycles. The van der Waals surface area contributed by atoms with Gasteiger partial charge in [-0.2, -0.15) is 9.50 Å². The van der Waals surface area contributed by atoms with Crippen molar-refractivity contribution in [3.63, 3.8) is 0 Å². The average molecular weight is 310 g/mol. The molecule has 1 aliphatic rings. The Bertz CT molecular complexity index is 942. The molecule has 1 atom stereocenters. The molecule has 0 aromatic carbocycles. The lowest BCUT2D eigenvalue weighted by Gasteiger charge is -2.11. The van der Waals surface area contributed by atoms with Crippen LogP contribution in [0.1, 0.15) is 19.3 Å². The first-order chi connectivity index (χ1) is 10.8. The smallest absolute Gasteiger partial charge is 0.266 e. The van der Waals surface area contributed by atoms with Crippen LogP contribution in [-0.2, 0) is 0 Å². The second-order valence-electron chi connectivity index (χ2n) is 5.35. The van der Waals surface area contributed by atoms with E-state index in [-0.39, 0.29) is 5.56 Å². The Hall–Kier alpha value is -2.34. The number of nitrogens with zero attached hydrogens (tertiary/aromatic N) is 4. The van der Waals surface area contributed by atoms with Crippen LogP contribution in [0.25, 0.3) is 22.4 Å². The quantitative estimate of drug-likeness (QED) is 0.680. The third-order valence-corrected chi connectivity index (χ3v) is 4.78. The standard InChI is InChI=1S/C16H14N4OS/c21-15-13(9-11-5-2-1-3-6-11)22-16-18-14(19-20(15)16)12-7-4-8-17-10-12/h1-2,4,7-11H,3,5-6H2. The molecule has 0 saturated carbocycles. The average Bonchev–Trinajstić information content (AvgIpc) is 3.10. The fourth-order valence-corrected chi connectivity index (χ4v) is 3.62. The van der Waals surface area contributed by atoms with Crippen molar-refractivity contribution in [2.45, 2.75) is 19.3 Å². The maximum absolute atomic E-state index is 12.5. The molecule has 0 fully saturated rings. The molecule has 0 spiro atoms. The fourth-order valence-electron chi connectivity index (χ4n) is 2.65. The molecule has 0 radical (unpaired) electrons. The van der Waals surface area contributed by atoms with Crippen molar-refractivity contribution in [2.75, 3.05) is 0 Å². The van der Waals surface area contributed by atoms with Crippen molar-refractivity contribution < 1.29 is 0 Å². The molecule has 3 aromatic heterocycles. The van der Waals surface area contributed by atoms with Crippen molar-refractivity contribution in [1.82, 2.24) is 19.6 Å². The molecule has 0 amide bonds. The maximum Gasteiger partial charge on any atom is 0.290 e. The van der Waals surface area contributed by atoms with Gasteiger partial charge in [-0.15, -0.1) is 5.10 Å². The van der Waals surface area contributed by atoms with Crippen LogP contribution in [0.5, 0.6) is 0 Å². The maximum atomic E-state index is 12.5. The van der Waals surface area contributed by atoms with Gasteiger partial charge in [0, 0.05) is 18.0 Å². The molecule has 0 saturated heterocycles. The summed E-state index contributed by atoms with van der Waals surface area (Å²) in [5.41, 5.74) is 0.748. The fraction of sp³-hybridized carbons (Fsp3) is 0.250. The summed E-state index contributed by atoms with van der Waals surface area (Å²) in [5, 5.41) is 4.33. The van der Waals surface area contributed by atoms with Crippen LogP contribution in [-0.4, -0.2) is 19.6 Å². The minimum Gasteiger partial charge on any atom is -0.266 e. The molecule has 1 unspecified atom stereocenters. The number of hydrogen-bond donors (Lipinski definition) is 0. The van der Waals surface area contributed by atoms with E-state index in [0.29, 0.717) is 16.7 Å². The van der Waals surface area contributed by atoms with E-state index in [1.807, 2.05) is 12.1 Å². The first-order valence-electron chi connectivity index (χ1n) is 7.28. The molecule has 22 heavy (non-hydrogen) atoms. The van der Waals surface area contributed by atoms with Gasteiger partial charge in [-0.3, -0.25) is 9.78 Å². The van der Waals surface area contributed by atoms with Crippen molar-refractivity contribution in [1.29, 1.82) is 0 Å². The van der Waals surface area contributed by atoms with Crippen molar-refractivity contribution in [2.24, 2.45) is 5.92 Å². The number of thiazole rings is 1. The molecule has 5 nitrogen and oxygen atoms in total. The monoisotopic (exact) mass is 310 g/mol. The van der Waals surface area contributed by atoms with Crippen LogP contribution in [0.2, 0.25) is 0 Å². The van der Waals surface area contributed by atoms with Crippen LogP contribution in [0.15, 0.2) is 41.5 Å². The van der Waals surface area contributed by atoms with Gasteiger partial charge in [0.1, 0.15) is 0 Å². The van der Waals surface area contributed by atoms with E-state index in [1.54, 1.807) is 12.4 Å². The highest BCUT2D eigenvalue weighted by molar-refractivity contribution is 7.15. The molecule has 3 aromatic rings. The highest BCUT2D eigenvalue weighted by Crippen LogP contribution is 2.19. The van der Waals surface area contributed by atoms with Crippen molar-refractivity contribution in [3.05, 3.63) is 51.6 Å². The third kappa shape index (κ3) is 2.35. The van der Waals surface area contributed by atoms with Gasteiger partial charge in [0.2, 0.25) is 4.96 Å². The summed E-state index contributed by atoms with van der Waals surface area (Å²) in [6.07, 6.45) is 13.1. The van der Waals surface area contributed by atoms with E-state index in [2.05, 4.69) is 33.3 Å². The zero-order valence-corrected chi connectivity index (χ0v) is 12.7. The van der Waals surface area contributed by atoms with E-state index in [9.17, 15) is 4.79 Å². The number of aromatic nitrogens is 4. The van der Waals surface area contributed by atoms with Crippen LogP contribution in [0.3, 0.4) is 0 Å². The van der Waals surface area contributed by atoms with Gasteiger partial charge in [-0.25, -0.2) is 0 Å². The molecule has 4 rings (SSSR count). The van der Waals surface area contributed by atoms with E-state index < -0.39 is 0 Å². The molecular weight excluding hydrogens is 296 g/mol. The predicted molar refractivity (Wildman–Crippen MR) is 86.5 cm³/mol. The van der Waals surface area contributed by atoms with E-state index in [1.165, 1.54) is 15.9 Å². The zero-order valence-electron chi connectivity index (χ0n) is 11.8.